The third-order valence-corrected chi connectivity index (χ3v) is 4.08. The van der Waals surface area contributed by atoms with Crippen molar-refractivity contribution in [2.45, 2.75) is 12.6 Å². The van der Waals surface area contributed by atoms with Gasteiger partial charge in [-0.25, -0.2) is 9.78 Å². The number of anilines is 1. The van der Waals surface area contributed by atoms with Crippen LogP contribution < -0.4 is 11.1 Å². The summed E-state index contributed by atoms with van der Waals surface area (Å²) >= 11 is 2.92. The van der Waals surface area contributed by atoms with Crippen molar-refractivity contribution in [1.29, 1.82) is 0 Å². The summed E-state index contributed by atoms with van der Waals surface area (Å²) in [7, 11) is 1.38. The molecule has 7 heteroatoms. The lowest BCUT2D eigenvalue weighted by Gasteiger charge is -2.14. The smallest absolute Gasteiger partial charge is 0.328 e. The monoisotopic (exact) mass is 283 g/mol. The molecule has 2 aromatic rings. The molecular weight excluding hydrogens is 270 g/mol. The summed E-state index contributed by atoms with van der Waals surface area (Å²) in [4.78, 5) is 17.6. The van der Waals surface area contributed by atoms with Gasteiger partial charge in [-0.15, -0.1) is 22.7 Å². The van der Waals surface area contributed by atoms with E-state index in [1.165, 1.54) is 29.8 Å². The Balaban J connectivity index is 2.04. The molecule has 18 heavy (non-hydrogen) atoms. The molecule has 5 nitrogen and oxygen atoms in total. The van der Waals surface area contributed by atoms with Crippen molar-refractivity contribution in [2.75, 3.05) is 12.8 Å². The minimum Gasteiger partial charge on any atom is -0.468 e. The number of thiophene rings is 1. The zero-order chi connectivity index (χ0) is 13.0. The molecule has 3 N–H and O–H groups in total. The number of carbonyl (C=O) groups excluding carboxylic acids is 1. The number of ether oxygens (including phenoxy) is 1. The lowest BCUT2D eigenvalue weighted by molar-refractivity contribution is -0.143. The van der Waals surface area contributed by atoms with E-state index in [1.807, 2.05) is 17.5 Å². The van der Waals surface area contributed by atoms with Crippen LogP contribution in [0.5, 0.6) is 0 Å². The molecule has 0 radical (unpaired) electrons. The first kappa shape index (κ1) is 13.0. The number of nitrogens with two attached hydrogens (primary N) is 1. The molecule has 0 amide bonds. The summed E-state index contributed by atoms with van der Waals surface area (Å²) in [5.74, 6) is -0.296. The average Bonchev–Trinajstić information content (AvgIpc) is 3.01. The summed E-state index contributed by atoms with van der Waals surface area (Å²) < 4.78 is 4.80. The third-order valence-electron chi connectivity index (χ3n) is 2.32. The Hall–Kier alpha value is -1.44. The first-order chi connectivity index (χ1) is 8.70. The average molecular weight is 283 g/mol. The van der Waals surface area contributed by atoms with E-state index in [4.69, 9.17) is 10.5 Å². The molecule has 0 saturated carbocycles. The number of hydrogen-bond acceptors (Lipinski definition) is 7. The van der Waals surface area contributed by atoms with E-state index in [1.54, 1.807) is 6.20 Å². The van der Waals surface area contributed by atoms with Crippen LogP contribution in [0.3, 0.4) is 0 Å². The van der Waals surface area contributed by atoms with E-state index >= 15 is 0 Å². The van der Waals surface area contributed by atoms with Crippen molar-refractivity contribution in [3.05, 3.63) is 33.5 Å². The van der Waals surface area contributed by atoms with Crippen molar-refractivity contribution in [2.24, 2.45) is 0 Å². The summed E-state index contributed by atoms with van der Waals surface area (Å²) in [5, 5.41) is 5.61. The lowest BCUT2D eigenvalue weighted by atomic mass is 10.2. The Bertz CT molecular complexity index is 510. The fourth-order valence-corrected chi connectivity index (χ4v) is 2.90. The number of rotatable bonds is 5. The topological polar surface area (TPSA) is 77.2 Å². The first-order valence-corrected chi connectivity index (χ1v) is 6.95. The normalized spacial score (nSPS) is 12.3. The molecular formula is C11H13N3O2S2. The second-order valence-electron chi connectivity index (χ2n) is 3.52. The predicted octanol–water partition coefficient (Wildman–Crippen LogP) is 1.79. The number of nitrogen functional groups attached to an aromatic ring is 1. The molecule has 0 aromatic carbocycles. The molecule has 0 bridgehead atoms. The molecule has 0 saturated heterocycles. The van der Waals surface area contributed by atoms with Gasteiger partial charge in [-0.1, -0.05) is 6.07 Å². The van der Waals surface area contributed by atoms with Gasteiger partial charge >= 0.3 is 5.97 Å². The number of thiazole rings is 1. The largest absolute Gasteiger partial charge is 0.468 e. The highest BCUT2D eigenvalue weighted by Gasteiger charge is 2.21. The van der Waals surface area contributed by atoms with Crippen molar-refractivity contribution < 1.29 is 9.53 Å². The van der Waals surface area contributed by atoms with Gasteiger partial charge < -0.3 is 10.5 Å². The van der Waals surface area contributed by atoms with Gasteiger partial charge in [0.25, 0.3) is 0 Å². The van der Waals surface area contributed by atoms with E-state index in [0.717, 1.165) is 9.75 Å². The molecule has 2 aromatic heterocycles. The van der Waals surface area contributed by atoms with Crippen LogP contribution in [-0.4, -0.2) is 18.1 Å². The van der Waals surface area contributed by atoms with Gasteiger partial charge in [0.2, 0.25) is 0 Å². The van der Waals surface area contributed by atoms with Gasteiger partial charge in [0, 0.05) is 22.5 Å². The molecule has 0 aliphatic heterocycles. The second kappa shape index (κ2) is 5.94. The Morgan fingerprint density at radius 2 is 2.50 bits per heavy atom. The van der Waals surface area contributed by atoms with Crippen LogP contribution in [0.15, 0.2) is 23.7 Å². The highest BCUT2D eigenvalue weighted by atomic mass is 32.1. The van der Waals surface area contributed by atoms with E-state index in [2.05, 4.69) is 10.3 Å². The van der Waals surface area contributed by atoms with Crippen molar-refractivity contribution >= 4 is 33.8 Å². The number of esters is 1. The van der Waals surface area contributed by atoms with Gasteiger partial charge in [-0.05, 0) is 11.4 Å². The molecule has 1 unspecified atom stereocenters. The van der Waals surface area contributed by atoms with Gasteiger partial charge in [0.15, 0.2) is 5.13 Å². The molecule has 96 valence electrons. The number of aromatic nitrogens is 1. The molecule has 0 fully saturated rings. The minimum absolute atomic E-state index is 0.296. The molecule has 2 rings (SSSR count). The van der Waals surface area contributed by atoms with E-state index in [-0.39, 0.29) is 5.97 Å². The second-order valence-corrected chi connectivity index (χ2v) is 5.64. The predicted molar refractivity (Wildman–Crippen MR) is 72.4 cm³/mol. The van der Waals surface area contributed by atoms with Crippen LogP contribution in [0.2, 0.25) is 0 Å². The third kappa shape index (κ3) is 3.06. The molecule has 1 atom stereocenters. The SMILES string of the molecule is COC(=O)C(NCc1cnc(N)s1)c1cccs1. The number of nitrogens with one attached hydrogen (secondary N) is 1. The number of carbonyl (C=O) groups is 1. The molecule has 0 aliphatic rings. The van der Waals surface area contributed by atoms with E-state index in [0.29, 0.717) is 11.7 Å². The first-order valence-electron chi connectivity index (χ1n) is 5.25. The maximum atomic E-state index is 11.7. The maximum absolute atomic E-state index is 11.7. The zero-order valence-electron chi connectivity index (χ0n) is 9.75. The van der Waals surface area contributed by atoms with Crippen LogP contribution in [0, 0.1) is 0 Å². The summed E-state index contributed by atoms with van der Waals surface area (Å²) in [5.41, 5.74) is 5.56. The van der Waals surface area contributed by atoms with Gasteiger partial charge in [-0.3, -0.25) is 5.32 Å². The van der Waals surface area contributed by atoms with Crippen molar-refractivity contribution in [1.82, 2.24) is 10.3 Å². The van der Waals surface area contributed by atoms with Crippen LogP contribution >= 0.6 is 22.7 Å². The fraction of sp³-hybridized carbons (Fsp3) is 0.273. The number of hydrogen-bond donors (Lipinski definition) is 2. The molecule has 0 spiro atoms. The minimum atomic E-state index is -0.446. The standard InChI is InChI=1S/C11H13N3O2S2/c1-16-10(15)9(8-3-2-4-17-8)13-5-7-6-14-11(12)18-7/h2-4,6,9,13H,5H2,1H3,(H2,12,14). The Morgan fingerprint density at radius 3 is 3.06 bits per heavy atom. The zero-order valence-corrected chi connectivity index (χ0v) is 11.4. The van der Waals surface area contributed by atoms with Crippen LogP contribution in [-0.2, 0) is 16.1 Å². The van der Waals surface area contributed by atoms with E-state index < -0.39 is 6.04 Å². The quantitative estimate of drug-likeness (QED) is 0.818. The number of methoxy groups -OCH3 is 1. The van der Waals surface area contributed by atoms with E-state index in [9.17, 15) is 4.79 Å². The van der Waals surface area contributed by atoms with Crippen LogP contribution in [0.25, 0.3) is 0 Å². The Kier molecular flexibility index (Phi) is 4.29. The highest BCUT2D eigenvalue weighted by Crippen LogP contribution is 2.22. The van der Waals surface area contributed by atoms with Gasteiger partial charge in [-0.2, -0.15) is 0 Å². The lowest BCUT2D eigenvalue weighted by Crippen LogP contribution is -2.28. The van der Waals surface area contributed by atoms with Crippen molar-refractivity contribution in [3.63, 3.8) is 0 Å². The highest BCUT2D eigenvalue weighted by molar-refractivity contribution is 7.15. The summed E-state index contributed by atoms with van der Waals surface area (Å²) in [6, 6.07) is 3.36. The Morgan fingerprint density at radius 1 is 1.67 bits per heavy atom. The maximum Gasteiger partial charge on any atom is 0.328 e. The summed E-state index contributed by atoms with van der Waals surface area (Å²) in [6.07, 6.45) is 1.70. The molecule has 2 heterocycles. The molecule has 0 aliphatic carbocycles. The number of nitrogens with zero attached hydrogens (tertiary/aromatic N) is 1. The summed E-state index contributed by atoms with van der Waals surface area (Å²) in [6.45, 7) is 0.534. The van der Waals surface area contributed by atoms with Gasteiger partial charge in [0.1, 0.15) is 6.04 Å². The fourth-order valence-electron chi connectivity index (χ4n) is 1.48. The van der Waals surface area contributed by atoms with Gasteiger partial charge in [0.05, 0.1) is 7.11 Å². The van der Waals surface area contributed by atoms with Crippen molar-refractivity contribution in [3.8, 4) is 0 Å². The Labute approximate surface area is 113 Å². The van der Waals surface area contributed by atoms with Crippen LogP contribution in [0.1, 0.15) is 15.8 Å². The van der Waals surface area contributed by atoms with Crippen LogP contribution in [0.4, 0.5) is 5.13 Å².